The Bertz CT molecular complexity index is 1500. The Morgan fingerprint density at radius 2 is 2.00 bits per heavy atom. The van der Waals surface area contributed by atoms with Crippen molar-refractivity contribution in [1.29, 1.82) is 0 Å². The second-order valence-corrected chi connectivity index (χ2v) is 8.84. The van der Waals surface area contributed by atoms with Crippen molar-refractivity contribution < 1.29 is 13.6 Å². The lowest BCUT2D eigenvalue weighted by Gasteiger charge is -2.11. The number of halogens is 3. The molecule has 0 aliphatic carbocycles. The van der Waals surface area contributed by atoms with E-state index in [1.165, 1.54) is 17.4 Å². The summed E-state index contributed by atoms with van der Waals surface area (Å²) in [6, 6.07) is 4.96. The number of hydrogen-bond donors (Lipinski definition) is 1. The Morgan fingerprint density at radius 3 is 2.71 bits per heavy atom. The molecule has 172 valence electrons. The van der Waals surface area contributed by atoms with Crippen LogP contribution in [0.15, 0.2) is 43.0 Å². The summed E-state index contributed by atoms with van der Waals surface area (Å²) < 4.78 is 30.1. The van der Waals surface area contributed by atoms with E-state index < -0.39 is 18.2 Å². The van der Waals surface area contributed by atoms with Crippen molar-refractivity contribution in [2.75, 3.05) is 0 Å². The fourth-order valence-corrected chi connectivity index (χ4v) is 4.33. The number of nitrogens with one attached hydrogen (secondary N) is 1. The summed E-state index contributed by atoms with van der Waals surface area (Å²) in [7, 11) is 0. The van der Waals surface area contributed by atoms with Gasteiger partial charge in [-0.25, -0.2) is 23.7 Å². The molecule has 0 atom stereocenters. The predicted octanol–water partition coefficient (Wildman–Crippen LogP) is 3.66. The lowest BCUT2D eigenvalue weighted by atomic mass is 10.2. The number of pyridine rings is 1. The maximum atomic E-state index is 13.5. The Kier molecular flexibility index (Phi) is 5.71. The molecule has 0 unspecified atom stereocenters. The Balaban J connectivity index is 1.60. The zero-order chi connectivity index (χ0) is 23.8. The number of imidazole rings is 1. The second kappa shape index (κ2) is 8.83. The van der Waals surface area contributed by atoms with Crippen LogP contribution in [0.1, 0.15) is 34.0 Å². The molecule has 0 bridgehead atoms. The molecule has 0 saturated heterocycles. The van der Waals surface area contributed by atoms with Crippen LogP contribution < -0.4 is 5.32 Å². The molecule has 0 spiro atoms. The van der Waals surface area contributed by atoms with Gasteiger partial charge in [0, 0.05) is 30.7 Å². The largest absolute Gasteiger partial charge is 0.348 e. The minimum atomic E-state index is -2.93. The summed E-state index contributed by atoms with van der Waals surface area (Å²) in [5, 5.41) is 13.3. The molecule has 0 aliphatic heterocycles. The summed E-state index contributed by atoms with van der Waals surface area (Å²) in [6.07, 6.45) is 3.43. The van der Waals surface area contributed by atoms with Crippen molar-refractivity contribution in [3.05, 3.63) is 70.1 Å². The molecule has 5 aromatic heterocycles. The Morgan fingerprint density at radius 1 is 1.21 bits per heavy atom. The molecule has 1 N–H and O–H groups in total. The fraction of sp³-hybridized carbons (Fsp3) is 0.150. The van der Waals surface area contributed by atoms with E-state index in [0.29, 0.717) is 21.4 Å². The van der Waals surface area contributed by atoms with Crippen molar-refractivity contribution in [2.45, 2.75) is 19.9 Å². The van der Waals surface area contributed by atoms with E-state index in [1.54, 1.807) is 42.2 Å². The summed E-state index contributed by atoms with van der Waals surface area (Å²) in [6.45, 7) is 1.94. The third kappa shape index (κ3) is 4.10. The van der Waals surface area contributed by atoms with E-state index in [-0.39, 0.29) is 23.4 Å². The van der Waals surface area contributed by atoms with Gasteiger partial charge in [0.2, 0.25) is 5.82 Å². The highest BCUT2D eigenvalue weighted by Gasteiger charge is 2.23. The molecule has 10 nitrogen and oxygen atoms in total. The highest BCUT2D eigenvalue weighted by Crippen LogP contribution is 2.33. The molecule has 0 aliphatic rings. The van der Waals surface area contributed by atoms with Crippen LogP contribution in [0.4, 0.5) is 8.78 Å². The van der Waals surface area contributed by atoms with Crippen molar-refractivity contribution >= 4 is 34.5 Å². The lowest BCUT2D eigenvalue weighted by molar-refractivity contribution is 0.0950. The van der Waals surface area contributed by atoms with Crippen LogP contribution in [0.5, 0.6) is 0 Å². The van der Waals surface area contributed by atoms with E-state index in [2.05, 4.69) is 35.8 Å². The van der Waals surface area contributed by atoms with Gasteiger partial charge >= 0.3 is 0 Å². The molecule has 14 heteroatoms. The number of carbonyl (C=O) groups excluding carboxylic acids is 1. The predicted molar refractivity (Wildman–Crippen MR) is 119 cm³/mol. The summed E-state index contributed by atoms with van der Waals surface area (Å²) in [5.41, 5.74) is 1.93. The van der Waals surface area contributed by atoms with Crippen molar-refractivity contribution in [1.82, 2.24) is 44.9 Å². The topological polar surface area (TPSA) is 116 Å². The molecule has 5 rings (SSSR count). The Hall–Kier alpha value is -3.84. The quantitative estimate of drug-likeness (QED) is 0.377. The first-order chi connectivity index (χ1) is 16.4. The highest BCUT2D eigenvalue weighted by molar-refractivity contribution is 7.19. The van der Waals surface area contributed by atoms with Crippen molar-refractivity contribution in [2.24, 2.45) is 0 Å². The van der Waals surface area contributed by atoms with E-state index >= 15 is 0 Å². The van der Waals surface area contributed by atoms with Gasteiger partial charge in [0.1, 0.15) is 11.5 Å². The smallest absolute Gasteiger partial charge is 0.299 e. The number of aryl methyl sites for hydroxylation is 1. The van der Waals surface area contributed by atoms with E-state index in [1.807, 2.05) is 6.07 Å². The summed E-state index contributed by atoms with van der Waals surface area (Å²) in [4.78, 5) is 26.4. The first-order valence-corrected chi connectivity index (χ1v) is 11.0. The third-order valence-electron chi connectivity index (χ3n) is 4.88. The maximum absolute atomic E-state index is 13.5. The van der Waals surface area contributed by atoms with Gasteiger partial charge < -0.3 is 5.32 Å². The van der Waals surface area contributed by atoms with Crippen LogP contribution in [-0.4, -0.2) is 45.5 Å². The minimum absolute atomic E-state index is 0.125. The molecule has 1 amide bonds. The van der Waals surface area contributed by atoms with Gasteiger partial charge in [-0.2, -0.15) is 4.68 Å². The molecule has 0 radical (unpaired) electrons. The van der Waals surface area contributed by atoms with Crippen LogP contribution in [0, 0.1) is 6.92 Å². The van der Waals surface area contributed by atoms with Crippen molar-refractivity contribution in [3.63, 3.8) is 0 Å². The normalized spacial score (nSPS) is 11.4. The van der Waals surface area contributed by atoms with Gasteiger partial charge in [-0.15, -0.1) is 16.4 Å². The number of tetrazole rings is 1. The number of hydrogen-bond acceptors (Lipinski definition) is 8. The van der Waals surface area contributed by atoms with Gasteiger partial charge in [0.15, 0.2) is 5.65 Å². The standard InChI is InChI=1S/C20H14ClF2N9OS/c1-10-24-5-11(6-25-10)7-27-20(33)12-4-13(32-19(17(22)23)28-29-30-32)18-26-8-14(31(18)9-12)15-2-3-16(21)34-15/h2-6,8-9,17H,7H2,1H3,(H,27,33). The number of thiophene rings is 1. The van der Waals surface area contributed by atoms with Crippen LogP contribution >= 0.6 is 22.9 Å². The van der Waals surface area contributed by atoms with Gasteiger partial charge in [-0.3, -0.25) is 9.20 Å². The third-order valence-corrected chi connectivity index (χ3v) is 6.13. The average molecular weight is 502 g/mol. The second-order valence-electron chi connectivity index (χ2n) is 7.13. The first kappa shape index (κ1) is 22.0. The maximum Gasteiger partial charge on any atom is 0.299 e. The average Bonchev–Trinajstić information content (AvgIpc) is 3.57. The van der Waals surface area contributed by atoms with Crippen molar-refractivity contribution in [3.8, 4) is 16.3 Å². The number of carbonyl (C=O) groups is 1. The van der Waals surface area contributed by atoms with Gasteiger partial charge in [0.25, 0.3) is 12.3 Å². The zero-order valence-corrected chi connectivity index (χ0v) is 18.9. The van der Waals surface area contributed by atoms with Gasteiger partial charge in [0.05, 0.1) is 26.7 Å². The van der Waals surface area contributed by atoms with E-state index in [9.17, 15) is 13.6 Å². The van der Waals surface area contributed by atoms with E-state index in [0.717, 1.165) is 9.56 Å². The number of alkyl halides is 2. The molecule has 0 fully saturated rings. The number of fused-ring (bicyclic) bond motifs is 1. The molecule has 0 saturated carbocycles. The molecule has 34 heavy (non-hydrogen) atoms. The summed E-state index contributed by atoms with van der Waals surface area (Å²) >= 11 is 7.41. The molecule has 5 heterocycles. The number of rotatable bonds is 6. The Labute approximate surface area is 199 Å². The zero-order valence-electron chi connectivity index (χ0n) is 17.4. The van der Waals surface area contributed by atoms with Gasteiger partial charge in [-0.05, 0) is 35.5 Å². The molecular formula is C20H14ClF2N9OS. The fourth-order valence-electron chi connectivity index (χ4n) is 3.28. The number of amides is 1. The molecule has 0 aromatic carbocycles. The molecular weight excluding hydrogens is 488 g/mol. The SMILES string of the molecule is Cc1ncc(CNC(=O)c2cc(-n3nnnc3C(F)F)c3ncc(-c4ccc(Cl)s4)n3c2)cn1. The van der Waals surface area contributed by atoms with Crippen LogP contribution in [0.25, 0.3) is 21.9 Å². The number of aromatic nitrogens is 8. The molecule has 5 aromatic rings. The minimum Gasteiger partial charge on any atom is -0.348 e. The lowest BCUT2D eigenvalue weighted by Crippen LogP contribution is -2.24. The van der Waals surface area contributed by atoms with Crippen LogP contribution in [0.2, 0.25) is 4.34 Å². The highest BCUT2D eigenvalue weighted by atomic mass is 35.5. The van der Waals surface area contributed by atoms with Crippen LogP contribution in [0.3, 0.4) is 0 Å². The monoisotopic (exact) mass is 501 g/mol. The summed E-state index contributed by atoms with van der Waals surface area (Å²) in [5.74, 6) is -0.498. The number of nitrogens with zero attached hydrogens (tertiary/aromatic N) is 8. The van der Waals surface area contributed by atoms with E-state index in [4.69, 9.17) is 11.6 Å². The van der Waals surface area contributed by atoms with Gasteiger partial charge in [-0.1, -0.05) is 11.6 Å². The van der Waals surface area contributed by atoms with Crippen LogP contribution in [-0.2, 0) is 6.54 Å². The first-order valence-electron chi connectivity index (χ1n) is 9.80.